The highest BCUT2D eigenvalue weighted by Crippen LogP contribution is 2.28. The molecule has 132 valence electrons. The Balaban J connectivity index is 1.61. The van der Waals surface area contributed by atoms with Crippen LogP contribution in [0, 0.1) is 0 Å². The number of nitrogens with zero attached hydrogens (tertiary/aromatic N) is 3. The van der Waals surface area contributed by atoms with Crippen molar-refractivity contribution in [1.82, 2.24) is 14.9 Å². The van der Waals surface area contributed by atoms with E-state index in [0.717, 1.165) is 44.6 Å². The number of nitrogens with one attached hydrogen (secondary N) is 1. The van der Waals surface area contributed by atoms with Gasteiger partial charge in [-0.1, -0.05) is 12.1 Å². The number of benzene rings is 1. The van der Waals surface area contributed by atoms with E-state index in [4.69, 9.17) is 5.11 Å². The van der Waals surface area contributed by atoms with Gasteiger partial charge in [-0.25, -0.2) is 14.8 Å². The van der Waals surface area contributed by atoms with Gasteiger partial charge in [0.1, 0.15) is 0 Å². The highest BCUT2D eigenvalue weighted by Gasteiger charge is 2.21. The molecule has 0 aliphatic carbocycles. The van der Waals surface area contributed by atoms with Gasteiger partial charge in [0.25, 0.3) is 0 Å². The predicted octanol–water partition coefficient (Wildman–Crippen LogP) is 2.99. The summed E-state index contributed by atoms with van der Waals surface area (Å²) in [6.45, 7) is 5.72. The van der Waals surface area contributed by atoms with Crippen molar-refractivity contribution in [2.45, 2.75) is 32.2 Å². The van der Waals surface area contributed by atoms with Crippen LogP contribution in [0.25, 0.3) is 0 Å². The van der Waals surface area contributed by atoms with Gasteiger partial charge in [0.15, 0.2) is 0 Å². The van der Waals surface area contributed by atoms with Gasteiger partial charge >= 0.3 is 5.97 Å². The van der Waals surface area contributed by atoms with E-state index in [1.165, 1.54) is 5.56 Å². The summed E-state index contributed by atoms with van der Waals surface area (Å²) >= 11 is 0. The van der Waals surface area contributed by atoms with Crippen molar-refractivity contribution >= 4 is 11.9 Å². The predicted molar refractivity (Wildman–Crippen MR) is 96.8 cm³/mol. The summed E-state index contributed by atoms with van der Waals surface area (Å²) in [7, 11) is 0. The summed E-state index contributed by atoms with van der Waals surface area (Å²) in [5.74, 6) is 0.234. The topological polar surface area (TPSA) is 78.4 Å². The number of likely N-dealkylation sites (tertiary alicyclic amines) is 1. The Labute approximate surface area is 147 Å². The Morgan fingerprint density at radius 2 is 2.00 bits per heavy atom. The van der Waals surface area contributed by atoms with E-state index < -0.39 is 5.97 Å². The average Bonchev–Trinajstić information content (AvgIpc) is 2.64. The monoisotopic (exact) mass is 340 g/mol. The summed E-state index contributed by atoms with van der Waals surface area (Å²) in [6, 6.07) is 7.30. The van der Waals surface area contributed by atoms with Crippen LogP contribution < -0.4 is 5.32 Å². The van der Waals surface area contributed by atoms with E-state index in [1.54, 1.807) is 12.1 Å². The van der Waals surface area contributed by atoms with E-state index in [0.29, 0.717) is 17.4 Å². The van der Waals surface area contributed by atoms with Crippen molar-refractivity contribution in [2.75, 3.05) is 25.0 Å². The second-order valence-corrected chi connectivity index (χ2v) is 6.45. The fourth-order valence-electron chi connectivity index (χ4n) is 3.31. The molecule has 1 fully saturated rings. The third-order valence-electron chi connectivity index (χ3n) is 4.58. The van der Waals surface area contributed by atoms with Gasteiger partial charge in [0.05, 0.1) is 5.56 Å². The number of hydrogen-bond donors (Lipinski definition) is 2. The SMILES string of the molecule is CCNc1ncc(CN2CCCC(c3ccc(C(=O)O)cc3)C2)cn1. The molecule has 6 heteroatoms. The first-order chi connectivity index (χ1) is 12.2. The molecule has 6 nitrogen and oxygen atoms in total. The molecule has 1 saturated heterocycles. The maximum atomic E-state index is 11.0. The van der Waals surface area contributed by atoms with Crippen LogP contribution in [0.1, 0.15) is 47.2 Å². The van der Waals surface area contributed by atoms with Crippen LogP contribution in [0.4, 0.5) is 5.95 Å². The van der Waals surface area contributed by atoms with Gasteiger partial charge in [-0.15, -0.1) is 0 Å². The number of piperidine rings is 1. The molecular weight excluding hydrogens is 316 g/mol. The number of aromatic nitrogens is 2. The van der Waals surface area contributed by atoms with Crippen LogP contribution in [-0.2, 0) is 6.54 Å². The zero-order valence-electron chi connectivity index (χ0n) is 14.5. The van der Waals surface area contributed by atoms with Crippen molar-refractivity contribution in [3.63, 3.8) is 0 Å². The second-order valence-electron chi connectivity index (χ2n) is 6.45. The number of carboxylic acids is 1. The molecule has 25 heavy (non-hydrogen) atoms. The Morgan fingerprint density at radius 1 is 1.28 bits per heavy atom. The van der Waals surface area contributed by atoms with E-state index in [-0.39, 0.29) is 0 Å². The van der Waals surface area contributed by atoms with Gasteiger partial charge in [0.2, 0.25) is 5.95 Å². The average molecular weight is 340 g/mol. The van der Waals surface area contributed by atoms with E-state index in [2.05, 4.69) is 20.2 Å². The molecule has 2 heterocycles. The molecule has 0 saturated carbocycles. The molecule has 2 aromatic rings. The number of aromatic carboxylic acids is 1. The minimum Gasteiger partial charge on any atom is -0.478 e. The van der Waals surface area contributed by atoms with Gasteiger partial charge in [-0.3, -0.25) is 4.90 Å². The molecule has 0 spiro atoms. The lowest BCUT2D eigenvalue weighted by Gasteiger charge is -2.33. The molecule has 0 amide bonds. The maximum absolute atomic E-state index is 11.0. The smallest absolute Gasteiger partial charge is 0.335 e. The molecular formula is C19H24N4O2. The fraction of sp³-hybridized carbons (Fsp3) is 0.421. The molecule has 1 aromatic carbocycles. The number of carbonyl (C=O) groups is 1. The first-order valence-electron chi connectivity index (χ1n) is 8.76. The van der Waals surface area contributed by atoms with Crippen molar-refractivity contribution in [3.8, 4) is 0 Å². The molecule has 1 unspecified atom stereocenters. The van der Waals surface area contributed by atoms with Crippen LogP contribution >= 0.6 is 0 Å². The zero-order valence-corrected chi connectivity index (χ0v) is 14.5. The first kappa shape index (κ1) is 17.4. The normalized spacial score (nSPS) is 18.0. The van der Waals surface area contributed by atoms with E-state index >= 15 is 0 Å². The largest absolute Gasteiger partial charge is 0.478 e. The molecule has 2 N–H and O–H groups in total. The third kappa shape index (κ3) is 4.54. The summed E-state index contributed by atoms with van der Waals surface area (Å²) in [4.78, 5) is 22.1. The van der Waals surface area contributed by atoms with Crippen molar-refractivity contribution < 1.29 is 9.90 Å². The Bertz CT molecular complexity index is 700. The highest BCUT2D eigenvalue weighted by atomic mass is 16.4. The summed E-state index contributed by atoms with van der Waals surface area (Å²) in [5.41, 5.74) is 2.67. The molecule has 0 bridgehead atoms. The lowest BCUT2D eigenvalue weighted by Crippen LogP contribution is -2.34. The minimum atomic E-state index is -0.877. The van der Waals surface area contributed by atoms with Gasteiger partial charge in [-0.2, -0.15) is 0 Å². The van der Waals surface area contributed by atoms with Crippen molar-refractivity contribution in [1.29, 1.82) is 0 Å². The molecule has 1 aromatic heterocycles. The summed E-state index contributed by atoms with van der Waals surface area (Å²) < 4.78 is 0. The second kappa shape index (κ2) is 8.07. The van der Waals surface area contributed by atoms with E-state index in [9.17, 15) is 4.79 Å². The van der Waals surface area contributed by atoms with E-state index in [1.807, 2.05) is 31.5 Å². The number of rotatable bonds is 6. The Kier molecular flexibility index (Phi) is 5.60. The first-order valence-corrected chi connectivity index (χ1v) is 8.76. The number of anilines is 1. The molecule has 1 aliphatic heterocycles. The van der Waals surface area contributed by atoms with Crippen molar-refractivity contribution in [3.05, 3.63) is 53.3 Å². The molecule has 3 rings (SSSR count). The van der Waals surface area contributed by atoms with Crippen LogP contribution in [0.5, 0.6) is 0 Å². The maximum Gasteiger partial charge on any atom is 0.335 e. The van der Waals surface area contributed by atoms with Gasteiger partial charge < -0.3 is 10.4 Å². The highest BCUT2D eigenvalue weighted by molar-refractivity contribution is 5.87. The van der Waals surface area contributed by atoms with Crippen LogP contribution in [0.3, 0.4) is 0 Å². The number of carboxylic acid groups (broad SMARTS) is 1. The van der Waals surface area contributed by atoms with Crippen LogP contribution in [-0.4, -0.2) is 45.6 Å². The molecule has 1 atom stereocenters. The fourth-order valence-corrected chi connectivity index (χ4v) is 3.31. The summed E-state index contributed by atoms with van der Waals surface area (Å²) in [6.07, 6.45) is 6.05. The zero-order chi connectivity index (χ0) is 17.6. The van der Waals surface area contributed by atoms with Crippen LogP contribution in [0.2, 0.25) is 0 Å². The minimum absolute atomic E-state index is 0.342. The van der Waals surface area contributed by atoms with Crippen LogP contribution in [0.15, 0.2) is 36.7 Å². The lowest BCUT2D eigenvalue weighted by atomic mass is 9.90. The Morgan fingerprint density at radius 3 is 2.64 bits per heavy atom. The third-order valence-corrected chi connectivity index (χ3v) is 4.58. The summed E-state index contributed by atoms with van der Waals surface area (Å²) in [5, 5.41) is 12.1. The molecule has 1 aliphatic rings. The lowest BCUT2D eigenvalue weighted by molar-refractivity contribution is 0.0697. The van der Waals surface area contributed by atoms with Crippen molar-refractivity contribution in [2.24, 2.45) is 0 Å². The quantitative estimate of drug-likeness (QED) is 0.842. The van der Waals surface area contributed by atoms with Gasteiger partial charge in [0, 0.05) is 37.6 Å². The van der Waals surface area contributed by atoms with Gasteiger partial charge in [-0.05, 0) is 49.9 Å². The number of hydrogen-bond acceptors (Lipinski definition) is 5. The molecule has 0 radical (unpaired) electrons. The Hall–Kier alpha value is -2.47. The standard InChI is InChI=1S/C19H24N4O2/c1-2-20-19-21-10-14(11-22-19)12-23-9-3-4-17(13-23)15-5-7-16(8-6-15)18(24)25/h5-8,10-11,17H,2-4,9,12-13H2,1H3,(H,24,25)(H,20,21,22).